The van der Waals surface area contributed by atoms with Crippen LogP contribution in [0.3, 0.4) is 0 Å². The number of aryl methyl sites for hydroxylation is 1. The summed E-state index contributed by atoms with van der Waals surface area (Å²) >= 11 is -0.826. The van der Waals surface area contributed by atoms with E-state index in [2.05, 4.69) is 45.9 Å². The van der Waals surface area contributed by atoms with Crippen LogP contribution in [-0.4, -0.2) is 0 Å². The van der Waals surface area contributed by atoms with Crippen LogP contribution in [0.15, 0.2) is 17.7 Å². The first-order valence-electron chi connectivity index (χ1n) is 6.30. The van der Waals surface area contributed by atoms with Gasteiger partial charge in [-0.25, -0.2) is 0 Å². The molecule has 0 aromatic heterocycles. The molecule has 0 radical (unpaired) electrons. The molecule has 0 saturated heterocycles. The molecule has 1 aliphatic rings. The van der Waals surface area contributed by atoms with Gasteiger partial charge in [-0.05, 0) is 54.9 Å². The Labute approximate surface area is 129 Å². The molecule has 0 bridgehead atoms. The SMILES string of the molecule is CCC(C)c1ccc(C)c2c1C=C(C)C2.[Cl][Zr][Cl]. The Hall–Kier alpha value is 0.423. The standard InChI is InChI=1S/C15H20.2ClH.Zr/c1-5-11(3)13-7-6-12(4)14-8-10(2)9-15(13)14;;;/h6-7,9,11H,5,8H2,1-4H3;2*1H;/q;;;+2/p-2. The van der Waals surface area contributed by atoms with Crippen LogP contribution in [0.2, 0.25) is 0 Å². The van der Waals surface area contributed by atoms with Gasteiger partial charge in [-0.2, -0.15) is 0 Å². The van der Waals surface area contributed by atoms with E-state index in [-0.39, 0.29) is 0 Å². The molecule has 0 heterocycles. The van der Waals surface area contributed by atoms with Gasteiger partial charge in [0.15, 0.2) is 0 Å². The van der Waals surface area contributed by atoms with Crippen molar-refractivity contribution in [1.82, 2.24) is 0 Å². The molecule has 1 atom stereocenters. The molecular weight excluding hydrogens is 342 g/mol. The van der Waals surface area contributed by atoms with Crippen LogP contribution >= 0.6 is 17.0 Å². The van der Waals surface area contributed by atoms with Crippen molar-refractivity contribution >= 4 is 23.1 Å². The fraction of sp³-hybridized carbons (Fsp3) is 0.467. The summed E-state index contributed by atoms with van der Waals surface area (Å²) in [6, 6.07) is 4.60. The van der Waals surface area contributed by atoms with E-state index < -0.39 is 20.8 Å². The zero-order valence-corrected chi connectivity index (χ0v) is 15.4. The number of hydrogen-bond donors (Lipinski definition) is 0. The summed E-state index contributed by atoms with van der Waals surface area (Å²) < 4.78 is 0. The summed E-state index contributed by atoms with van der Waals surface area (Å²) in [6.07, 6.45) is 4.76. The molecule has 0 spiro atoms. The second-order valence-corrected chi connectivity index (χ2v) is 8.64. The summed E-state index contributed by atoms with van der Waals surface area (Å²) in [7, 11) is 9.87. The van der Waals surface area contributed by atoms with Gasteiger partial charge in [-0.15, -0.1) is 0 Å². The van der Waals surface area contributed by atoms with Gasteiger partial charge >= 0.3 is 37.9 Å². The van der Waals surface area contributed by atoms with E-state index in [1.54, 1.807) is 5.56 Å². The third-order valence-corrected chi connectivity index (χ3v) is 3.61. The fourth-order valence-corrected chi connectivity index (χ4v) is 2.42. The van der Waals surface area contributed by atoms with Crippen molar-refractivity contribution in [1.29, 1.82) is 0 Å². The molecule has 1 aromatic rings. The van der Waals surface area contributed by atoms with Crippen LogP contribution in [0, 0.1) is 6.92 Å². The monoisotopic (exact) mass is 360 g/mol. The molecule has 0 fully saturated rings. The van der Waals surface area contributed by atoms with E-state index in [0.717, 1.165) is 6.42 Å². The molecule has 1 aromatic carbocycles. The third-order valence-electron chi connectivity index (χ3n) is 3.61. The summed E-state index contributed by atoms with van der Waals surface area (Å²) in [4.78, 5) is 0. The van der Waals surface area contributed by atoms with E-state index in [1.165, 1.54) is 28.7 Å². The number of hydrogen-bond acceptors (Lipinski definition) is 0. The zero-order valence-electron chi connectivity index (χ0n) is 11.5. The molecule has 98 valence electrons. The molecule has 18 heavy (non-hydrogen) atoms. The first-order chi connectivity index (χ1) is 8.54. The number of fused-ring (bicyclic) bond motifs is 1. The Bertz CT molecular complexity index is 438. The predicted octanol–water partition coefficient (Wildman–Crippen LogP) is 5.84. The molecule has 3 heteroatoms. The van der Waals surface area contributed by atoms with Crippen LogP contribution < -0.4 is 0 Å². The maximum absolute atomic E-state index is 4.93. The summed E-state index contributed by atoms with van der Waals surface area (Å²) in [5, 5.41) is 0. The molecule has 0 aliphatic heterocycles. The van der Waals surface area contributed by atoms with Crippen molar-refractivity contribution in [2.75, 3.05) is 0 Å². The molecule has 1 aliphatic carbocycles. The number of halogens is 2. The van der Waals surface area contributed by atoms with Crippen molar-refractivity contribution in [2.24, 2.45) is 0 Å². The first-order valence-corrected chi connectivity index (χ1v) is 12.6. The second kappa shape index (κ2) is 7.88. The number of rotatable bonds is 2. The number of allylic oxidation sites excluding steroid dienone is 1. The van der Waals surface area contributed by atoms with Gasteiger partial charge in [0.1, 0.15) is 0 Å². The Balaban J connectivity index is 0.000000492. The fourth-order valence-electron chi connectivity index (χ4n) is 2.42. The van der Waals surface area contributed by atoms with Crippen molar-refractivity contribution in [3.63, 3.8) is 0 Å². The van der Waals surface area contributed by atoms with E-state index >= 15 is 0 Å². The van der Waals surface area contributed by atoms with Crippen LogP contribution in [0.4, 0.5) is 0 Å². The zero-order chi connectivity index (χ0) is 13.7. The summed E-state index contributed by atoms with van der Waals surface area (Å²) in [5.74, 6) is 0.682. The van der Waals surface area contributed by atoms with Crippen molar-refractivity contribution in [2.45, 2.75) is 46.5 Å². The Morgan fingerprint density at radius 3 is 2.44 bits per heavy atom. The van der Waals surface area contributed by atoms with Gasteiger partial charge in [0, 0.05) is 0 Å². The van der Waals surface area contributed by atoms with E-state index in [0.29, 0.717) is 5.92 Å². The molecule has 0 N–H and O–H groups in total. The first kappa shape index (κ1) is 16.5. The molecule has 1 unspecified atom stereocenters. The van der Waals surface area contributed by atoms with E-state index in [1.807, 2.05) is 0 Å². The normalized spacial score (nSPS) is 14.2. The van der Waals surface area contributed by atoms with Gasteiger partial charge in [0.2, 0.25) is 0 Å². The summed E-state index contributed by atoms with van der Waals surface area (Å²) in [6.45, 7) is 9.06. The topological polar surface area (TPSA) is 0 Å². The van der Waals surface area contributed by atoms with E-state index in [4.69, 9.17) is 17.0 Å². The van der Waals surface area contributed by atoms with Crippen LogP contribution in [0.5, 0.6) is 0 Å². The maximum atomic E-state index is 4.93. The van der Waals surface area contributed by atoms with Crippen molar-refractivity contribution in [3.05, 3.63) is 40.0 Å². The minimum absolute atomic E-state index is 0.682. The quantitative estimate of drug-likeness (QED) is 0.619. The van der Waals surface area contributed by atoms with Gasteiger partial charge in [-0.1, -0.05) is 37.6 Å². The second-order valence-electron chi connectivity index (χ2n) is 4.91. The molecule has 0 amide bonds. The summed E-state index contributed by atoms with van der Waals surface area (Å²) in [5.41, 5.74) is 7.57. The third kappa shape index (κ3) is 3.96. The van der Waals surface area contributed by atoms with Gasteiger partial charge in [0.25, 0.3) is 0 Å². The van der Waals surface area contributed by atoms with Gasteiger partial charge in [0.05, 0.1) is 0 Å². The Morgan fingerprint density at radius 2 is 1.89 bits per heavy atom. The van der Waals surface area contributed by atoms with E-state index in [9.17, 15) is 0 Å². The minimum atomic E-state index is -0.826. The average Bonchev–Trinajstić information content (AvgIpc) is 2.72. The van der Waals surface area contributed by atoms with Crippen LogP contribution in [0.25, 0.3) is 6.08 Å². The molecule has 0 saturated carbocycles. The Morgan fingerprint density at radius 1 is 1.28 bits per heavy atom. The molecule has 0 nitrogen and oxygen atoms in total. The van der Waals surface area contributed by atoms with Crippen molar-refractivity contribution in [3.8, 4) is 0 Å². The van der Waals surface area contributed by atoms with Crippen LogP contribution in [-0.2, 0) is 27.3 Å². The van der Waals surface area contributed by atoms with Gasteiger partial charge in [-0.3, -0.25) is 0 Å². The number of benzene rings is 1. The average molecular weight is 362 g/mol. The Kier molecular flexibility index (Phi) is 7.21. The molecule has 2 rings (SSSR count). The van der Waals surface area contributed by atoms with Crippen molar-refractivity contribution < 1.29 is 20.8 Å². The van der Waals surface area contributed by atoms with Crippen LogP contribution in [0.1, 0.15) is 55.4 Å². The van der Waals surface area contributed by atoms with Gasteiger partial charge < -0.3 is 0 Å². The molecular formula is C15H20Cl2Zr. The predicted molar refractivity (Wildman–Crippen MR) is 78.9 cm³/mol.